The number of aromatic nitrogens is 1. The van der Waals surface area contributed by atoms with Crippen molar-refractivity contribution in [3.05, 3.63) is 39.8 Å². The van der Waals surface area contributed by atoms with E-state index in [2.05, 4.69) is 10.3 Å². The van der Waals surface area contributed by atoms with Gasteiger partial charge in [0.15, 0.2) is 0 Å². The van der Waals surface area contributed by atoms with E-state index in [-0.39, 0.29) is 17.0 Å². The van der Waals surface area contributed by atoms with Crippen molar-refractivity contribution in [3.8, 4) is 0 Å². The van der Waals surface area contributed by atoms with Gasteiger partial charge in [0.05, 0.1) is 4.92 Å². The summed E-state index contributed by atoms with van der Waals surface area (Å²) in [7, 11) is 0. The number of allylic oxidation sites excluding steroid dienone is 1. The Labute approximate surface area is 132 Å². The van der Waals surface area contributed by atoms with E-state index in [1.165, 1.54) is 25.3 Å². The molecule has 124 valence electrons. The molecule has 0 radical (unpaired) electrons. The van der Waals surface area contributed by atoms with Crippen molar-refractivity contribution in [2.24, 2.45) is 0 Å². The number of ether oxygens (including phenoxy) is 1. The van der Waals surface area contributed by atoms with Crippen LogP contribution in [0, 0.1) is 10.1 Å². The number of rotatable bonds is 4. The van der Waals surface area contributed by atoms with Crippen LogP contribution in [0.1, 0.15) is 33.4 Å². The standard InChI is InChI=1S/C14H17N3O6/c1-8(10-9(17(21)22)6-5-7-15-10)11(12(18)19)16-13(20)23-14(2,3)4/h5-7H,1-4H3,(H,16,20)(H,18,19). The summed E-state index contributed by atoms with van der Waals surface area (Å²) in [5.41, 5.74) is -1.93. The largest absolute Gasteiger partial charge is 0.477 e. The maximum atomic E-state index is 11.7. The van der Waals surface area contributed by atoms with E-state index >= 15 is 0 Å². The molecule has 0 unspecified atom stereocenters. The summed E-state index contributed by atoms with van der Waals surface area (Å²) < 4.78 is 4.98. The maximum Gasteiger partial charge on any atom is 0.412 e. The van der Waals surface area contributed by atoms with Crippen molar-refractivity contribution in [1.82, 2.24) is 10.3 Å². The molecule has 9 nitrogen and oxygen atoms in total. The number of nitrogens with zero attached hydrogens (tertiary/aromatic N) is 2. The Morgan fingerprint density at radius 2 is 2.00 bits per heavy atom. The number of hydrogen-bond donors (Lipinski definition) is 2. The van der Waals surface area contributed by atoms with Crippen LogP contribution in [0.4, 0.5) is 10.5 Å². The Morgan fingerprint density at radius 1 is 1.39 bits per heavy atom. The summed E-state index contributed by atoms with van der Waals surface area (Å²) >= 11 is 0. The highest BCUT2D eigenvalue weighted by molar-refractivity contribution is 5.99. The van der Waals surface area contributed by atoms with Gasteiger partial charge in [-0.05, 0) is 33.8 Å². The SMILES string of the molecule is CC(=C(NC(=O)OC(C)(C)C)C(=O)O)c1ncccc1[N+](=O)[O-]. The zero-order chi connectivity index (χ0) is 17.8. The molecule has 1 aromatic rings. The van der Waals surface area contributed by atoms with Crippen LogP contribution in [-0.2, 0) is 9.53 Å². The Balaban J connectivity index is 3.27. The number of carboxylic acid groups (broad SMARTS) is 1. The molecule has 1 aromatic heterocycles. The molecule has 0 saturated carbocycles. The highest BCUT2D eigenvalue weighted by Gasteiger charge is 2.25. The van der Waals surface area contributed by atoms with Gasteiger partial charge in [0, 0.05) is 17.8 Å². The van der Waals surface area contributed by atoms with Crippen molar-refractivity contribution in [2.75, 3.05) is 0 Å². The second-order valence-corrected chi connectivity index (χ2v) is 5.56. The second kappa shape index (κ2) is 6.86. The molecule has 0 spiro atoms. The number of carbonyl (C=O) groups is 2. The average Bonchev–Trinajstić information content (AvgIpc) is 2.41. The van der Waals surface area contributed by atoms with E-state index in [9.17, 15) is 24.8 Å². The maximum absolute atomic E-state index is 11.7. The third kappa shape index (κ3) is 5.06. The van der Waals surface area contributed by atoms with Crippen molar-refractivity contribution >= 4 is 23.3 Å². The molecule has 2 N–H and O–H groups in total. The van der Waals surface area contributed by atoms with Gasteiger partial charge in [-0.3, -0.25) is 15.4 Å². The predicted molar refractivity (Wildman–Crippen MR) is 80.5 cm³/mol. The van der Waals surface area contributed by atoms with Crippen LogP contribution in [0.15, 0.2) is 24.0 Å². The first-order chi connectivity index (χ1) is 10.5. The molecule has 0 fully saturated rings. The molecule has 0 saturated heterocycles. The minimum atomic E-state index is -1.46. The smallest absolute Gasteiger partial charge is 0.412 e. The number of hydrogen-bond acceptors (Lipinski definition) is 6. The van der Waals surface area contributed by atoms with Crippen molar-refractivity contribution in [1.29, 1.82) is 0 Å². The van der Waals surface area contributed by atoms with Gasteiger partial charge in [-0.2, -0.15) is 0 Å². The summed E-state index contributed by atoms with van der Waals surface area (Å²) in [6.45, 7) is 6.17. The topological polar surface area (TPSA) is 132 Å². The first-order valence-corrected chi connectivity index (χ1v) is 6.57. The minimum Gasteiger partial charge on any atom is -0.477 e. The predicted octanol–water partition coefficient (Wildman–Crippen LogP) is 2.33. The molecule has 0 aliphatic heterocycles. The van der Waals surface area contributed by atoms with Crippen molar-refractivity contribution in [2.45, 2.75) is 33.3 Å². The average molecular weight is 323 g/mol. The van der Waals surface area contributed by atoms with E-state index in [0.29, 0.717) is 0 Å². The summed E-state index contributed by atoms with van der Waals surface area (Å²) in [5.74, 6) is -1.46. The molecule has 23 heavy (non-hydrogen) atoms. The Hall–Kier alpha value is -2.97. The number of carbonyl (C=O) groups excluding carboxylic acids is 1. The lowest BCUT2D eigenvalue weighted by Crippen LogP contribution is -2.34. The number of alkyl carbamates (subject to hydrolysis) is 1. The highest BCUT2D eigenvalue weighted by atomic mass is 16.6. The van der Waals surface area contributed by atoms with Crippen LogP contribution < -0.4 is 5.32 Å². The highest BCUT2D eigenvalue weighted by Crippen LogP contribution is 2.25. The normalized spacial score (nSPS) is 12.2. The number of nitrogens with one attached hydrogen (secondary N) is 1. The zero-order valence-corrected chi connectivity index (χ0v) is 13.1. The summed E-state index contributed by atoms with van der Waals surface area (Å²) in [6, 6.07) is 2.55. The number of nitro groups is 1. The number of amides is 1. The van der Waals surface area contributed by atoms with E-state index in [1.807, 2.05) is 0 Å². The van der Waals surface area contributed by atoms with E-state index in [0.717, 1.165) is 0 Å². The van der Waals surface area contributed by atoms with Crippen LogP contribution in [0.5, 0.6) is 0 Å². The number of aliphatic carboxylic acids is 1. The zero-order valence-electron chi connectivity index (χ0n) is 13.1. The van der Waals surface area contributed by atoms with Gasteiger partial charge >= 0.3 is 12.1 Å². The molecule has 0 aliphatic carbocycles. The molecule has 0 aliphatic rings. The Bertz CT molecular complexity index is 675. The quantitative estimate of drug-likeness (QED) is 0.493. The van der Waals surface area contributed by atoms with E-state index in [4.69, 9.17) is 4.74 Å². The van der Waals surface area contributed by atoms with Crippen LogP contribution in [0.25, 0.3) is 5.57 Å². The van der Waals surface area contributed by atoms with Crippen LogP contribution in [-0.4, -0.2) is 32.7 Å². The van der Waals surface area contributed by atoms with Gasteiger partial charge < -0.3 is 9.84 Å². The fourth-order valence-electron chi connectivity index (χ4n) is 1.66. The van der Waals surface area contributed by atoms with Gasteiger partial charge in [-0.15, -0.1) is 0 Å². The number of pyridine rings is 1. The van der Waals surface area contributed by atoms with E-state index < -0.39 is 28.3 Å². The third-order valence-corrected chi connectivity index (χ3v) is 2.55. The first-order valence-electron chi connectivity index (χ1n) is 6.57. The lowest BCUT2D eigenvalue weighted by molar-refractivity contribution is -0.385. The molecule has 0 aromatic carbocycles. The summed E-state index contributed by atoms with van der Waals surface area (Å²) in [6.07, 6.45) is 0.312. The molecule has 0 bridgehead atoms. The lowest BCUT2D eigenvalue weighted by Gasteiger charge is -2.20. The monoisotopic (exact) mass is 323 g/mol. The van der Waals surface area contributed by atoms with Gasteiger partial charge in [-0.1, -0.05) is 0 Å². The van der Waals surface area contributed by atoms with Crippen LogP contribution >= 0.6 is 0 Å². The van der Waals surface area contributed by atoms with Crippen LogP contribution in [0.3, 0.4) is 0 Å². The molecule has 1 rings (SSSR count). The third-order valence-electron chi connectivity index (χ3n) is 2.55. The first kappa shape index (κ1) is 18.1. The minimum absolute atomic E-state index is 0.0596. The molecule has 1 amide bonds. The number of carboxylic acids is 1. The Kier molecular flexibility index (Phi) is 5.39. The van der Waals surface area contributed by atoms with Gasteiger partial charge in [0.2, 0.25) is 0 Å². The van der Waals surface area contributed by atoms with Gasteiger partial charge in [0.25, 0.3) is 5.69 Å². The van der Waals surface area contributed by atoms with Gasteiger partial charge in [-0.25, -0.2) is 14.6 Å². The van der Waals surface area contributed by atoms with Crippen molar-refractivity contribution in [3.63, 3.8) is 0 Å². The second-order valence-electron chi connectivity index (χ2n) is 5.56. The van der Waals surface area contributed by atoms with E-state index in [1.54, 1.807) is 20.8 Å². The van der Waals surface area contributed by atoms with Crippen LogP contribution in [0.2, 0.25) is 0 Å². The molecular weight excluding hydrogens is 306 g/mol. The van der Waals surface area contributed by atoms with Crippen molar-refractivity contribution < 1.29 is 24.4 Å². The summed E-state index contributed by atoms with van der Waals surface area (Å²) in [4.78, 5) is 37.3. The fourth-order valence-corrected chi connectivity index (χ4v) is 1.66. The summed E-state index contributed by atoms with van der Waals surface area (Å²) in [5, 5.41) is 22.4. The Morgan fingerprint density at radius 3 is 2.48 bits per heavy atom. The molecule has 0 atom stereocenters. The molecule has 1 heterocycles. The lowest BCUT2D eigenvalue weighted by atomic mass is 10.1. The molecule has 9 heteroatoms. The fraction of sp³-hybridized carbons (Fsp3) is 0.357. The molecular formula is C14H17N3O6. The van der Waals surface area contributed by atoms with Gasteiger partial charge in [0.1, 0.15) is 17.0 Å².